The van der Waals surface area contributed by atoms with E-state index < -0.39 is 0 Å². The molecule has 0 atom stereocenters. The summed E-state index contributed by atoms with van der Waals surface area (Å²) < 4.78 is 0. The van der Waals surface area contributed by atoms with Crippen molar-refractivity contribution in [2.75, 3.05) is 33.2 Å². The molecule has 0 rings (SSSR count). The average molecular weight is 394 g/mol. The zero-order chi connectivity index (χ0) is 20.9. The molecule has 0 aromatic heterocycles. The molecule has 0 aromatic carbocycles. The van der Waals surface area contributed by atoms with Gasteiger partial charge in [0.05, 0.1) is 0 Å². The van der Waals surface area contributed by atoms with Crippen molar-refractivity contribution in [2.24, 2.45) is 0 Å². The van der Waals surface area contributed by atoms with Gasteiger partial charge in [-0.25, -0.2) is 0 Å². The molecular weight excluding hydrogens is 350 g/mol. The Bertz CT molecular complexity index is 407. The molecule has 0 aliphatic carbocycles. The first-order valence-electron chi connectivity index (χ1n) is 11.1. The Balaban J connectivity index is 3.48. The minimum absolute atomic E-state index is 0.153. The smallest absolute Gasteiger partial charge is 0.220 e. The summed E-state index contributed by atoms with van der Waals surface area (Å²) in [6, 6.07) is 0. The first-order chi connectivity index (χ1) is 13.6. The van der Waals surface area contributed by atoms with Crippen molar-refractivity contribution in [3.8, 4) is 0 Å². The number of amides is 2. The fraction of sp³-hybridized carbons (Fsp3) is 0.739. The van der Waals surface area contributed by atoms with Crippen LogP contribution in [-0.4, -0.2) is 49.9 Å². The molecule has 28 heavy (non-hydrogen) atoms. The van der Waals surface area contributed by atoms with Crippen molar-refractivity contribution >= 4 is 11.8 Å². The number of carbonyl (C=O) groups is 2. The molecule has 5 nitrogen and oxygen atoms in total. The van der Waals surface area contributed by atoms with Crippen molar-refractivity contribution in [1.29, 1.82) is 0 Å². The lowest BCUT2D eigenvalue weighted by Crippen LogP contribution is -2.30. The summed E-state index contributed by atoms with van der Waals surface area (Å²) in [7, 11) is 2.09. The maximum Gasteiger partial charge on any atom is 0.220 e. The summed E-state index contributed by atoms with van der Waals surface area (Å²) in [6.07, 6.45) is 17.6. The minimum atomic E-state index is 0.153. The molecule has 0 saturated heterocycles. The van der Waals surface area contributed by atoms with Gasteiger partial charge in [-0.2, -0.15) is 0 Å². The molecule has 0 unspecified atom stereocenters. The van der Waals surface area contributed by atoms with Crippen LogP contribution in [0, 0.1) is 0 Å². The summed E-state index contributed by atoms with van der Waals surface area (Å²) in [6.45, 7) is 7.61. The Labute approximate surface area is 173 Å². The Morgan fingerprint density at radius 1 is 0.714 bits per heavy atom. The third-order valence-corrected chi connectivity index (χ3v) is 4.43. The van der Waals surface area contributed by atoms with Gasteiger partial charge < -0.3 is 15.5 Å². The highest BCUT2D eigenvalue weighted by Gasteiger charge is 2.03. The molecule has 0 aromatic rings. The van der Waals surface area contributed by atoms with Crippen LogP contribution in [0.4, 0.5) is 0 Å². The first-order valence-corrected chi connectivity index (χ1v) is 11.1. The third kappa shape index (κ3) is 19.2. The molecule has 0 radical (unpaired) electrons. The maximum atomic E-state index is 11.7. The Morgan fingerprint density at radius 3 is 1.54 bits per heavy atom. The van der Waals surface area contributed by atoms with E-state index in [2.05, 4.69) is 60.7 Å². The molecule has 0 heterocycles. The summed E-state index contributed by atoms with van der Waals surface area (Å²) in [5.74, 6) is 0.306. The summed E-state index contributed by atoms with van der Waals surface area (Å²) in [4.78, 5) is 25.7. The van der Waals surface area contributed by atoms with Gasteiger partial charge in [0, 0.05) is 25.9 Å². The predicted octanol–water partition coefficient (Wildman–Crippen LogP) is 4.20. The molecule has 2 amide bonds. The second-order valence-electron chi connectivity index (χ2n) is 7.25. The van der Waals surface area contributed by atoms with E-state index in [1.165, 1.54) is 0 Å². The number of rotatable bonds is 18. The zero-order valence-electron chi connectivity index (χ0n) is 18.5. The normalized spacial score (nSPS) is 11.6. The summed E-state index contributed by atoms with van der Waals surface area (Å²) >= 11 is 0. The van der Waals surface area contributed by atoms with E-state index in [-0.39, 0.29) is 11.8 Å². The van der Waals surface area contributed by atoms with E-state index >= 15 is 0 Å². The van der Waals surface area contributed by atoms with E-state index in [1.54, 1.807) is 0 Å². The molecule has 0 aliphatic heterocycles. The van der Waals surface area contributed by atoms with Gasteiger partial charge in [-0.05, 0) is 71.5 Å². The first kappa shape index (κ1) is 26.4. The van der Waals surface area contributed by atoms with Crippen LogP contribution in [0.5, 0.6) is 0 Å². The van der Waals surface area contributed by atoms with Crippen molar-refractivity contribution in [1.82, 2.24) is 15.5 Å². The predicted molar refractivity (Wildman–Crippen MR) is 119 cm³/mol. The summed E-state index contributed by atoms with van der Waals surface area (Å²) in [5.41, 5.74) is 0. The van der Waals surface area contributed by atoms with Crippen LogP contribution in [0.2, 0.25) is 0 Å². The number of nitrogens with one attached hydrogen (secondary N) is 2. The number of carbonyl (C=O) groups excluding carboxylic acids is 2. The van der Waals surface area contributed by atoms with Crippen molar-refractivity contribution < 1.29 is 9.59 Å². The van der Waals surface area contributed by atoms with Gasteiger partial charge in [-0.15, -0.1) is 0 Å². The molecule has 162 valence electrons. The number of nitrogens with zero attached hydrogens (tertiary/aromatic N) is 1. The molecule has 0 saturated carbocycles. The largest absolute Gasteiger partial charge is 0.356 e. The van der Waals surface area contributed by atoms with Crippen molar-refractivity contribution in [3.05, 3.63) is 24.3 Å². The number of unbranched alkanes of at least 4 members (excludes halogenated alkanes) is 2. The van der Waals surface area contributed by atoms with Crippen LogP contribution in [0.25, 0.3) is 0 Å². The molecule has 0 bridgehead atoms. The van der Waals surface area contributed by atoms with Crippen molar-refractivity contribution in [3.63, 3.8) is 0 Å². The zero-order valence-corrected chi connectivity index (χ0v) is 18.5. The SMILES string of the molecule is CC/C=C/CCCC(=O)NCCCN(C)CCCNC(=O)CCC/C=C/CC. The number of allylic oxidation sites excluding steroid dienone is 4. The van der Waals surface area contributed by atoms with Gasteiger partial charge in [0.2, 0.25) is 11.8 Å². The molecule has 5 heteroatoms. The lowest BCUT2D eigenvalue weighted by Gasteiger charge is -2.16. The molecule has 0 fully saturated rings. The van der Waals surface area contributed by atoms with Crippen LogP contribution < -0.4 is 10.6 Å². The lowest BCUT2D eigenvalue weighted by molar-refractivity contribution is -0.122. The van der Waals surface area contributed by atoms with E-state index in [0.29, 0.717) is 12.8 Å². The van der Waals surface area contributed by atoms with E-state index in [0.717, 1.165) is 77.5 Å². The van der Waals surface area contributed by atoms with Gasteiger partial charge in [0.15, 0.2) is 0 Å². The fourth-order valence-electron chi connectivity index (χ4n) is 2.77. The third-order valence-electron chi connectivity index (χ3n) is 4.43. The fourth-order valence-corrected chi connectivity index (χ4v) is 2.77. The Morgan fingerprint density at radius 2 is 1.14 bits per heavy atom. The molecular formula is C23H43N3O2. The van der Waals surface area contributed by atoms with Gasteiger partial charge in [0.25, 0.3) is 0 Å². The van der Waals surface area contributed by atoms with E-state index in [4.69, 9.17) is 0 Å². The van der Waals surface area contributed by atoms with Crippen LogP contribution in [0.1, 0.15) is 78.1 Å². The van der Waals surface area contributed by atoms with Gasteiger partial charge in [-0.1, -0.05) is 38.2 Å². The molecule has 0 spiro atoms. The Hall–Kier alpha value is -1.62. The van der Waals surface area contributed by atoms with Gasteiger partial charge in [0.1, 0.15) is 0 Å². The Kier molecular flexibility index (Phi) is 19.0. The number of hydrogen-bond donors (Lipinski definition) is 2. The van der Waals surface area contributed by atoms with Gasteiger partial charge in [-0.3, -0.25) is 9.59 Å². The highest BCUT2D eigenvalue weighted by molar-refractivity contribution is 5.76. The monoisotopic (exact) mass is 393 g/mol. The van der Waals surface area contributed by atoms with E-state index in [1.807, 2.05) is 0 Å². The number of hydrogen-bond acceptors (Lipinski definition) is 3. The second-order valence-corrected chi connectivity index (χ2v) is 7.25. The van der Waals surface area contributed by atoms with Gasteiger partial charge >= 0.3 is 0 Å². The second kappa shape index (κ2) is 20.1. The highest BCUT2D eigenvalue weighted by atomic mass is 16.2. The average Bonchev–Trinajstić information content (AvgIpc) is 2.68. The van der Waals surface area contributed by atoms with Crippen LogP contribution in [0.3, 0.4) is 0 Å². The standard InChI is InChI=1S/C23H43N3O2/c1-4-6-8-10-12-16-22(27)24-18-14-20-26(3)21-15-19-25-23(28)17-13-11-9-7-5-2/h6-9H,4-5,10-21H2,1-3H3,(H,24,27)(H,25,28)/b8-6+,9-7+. The van der Waals surface area contributed by atoms with Crippen molar-refractivity contribution in [2.45, 2.75) is 78.1 Å². The topological polar surface area (TPSA) is 61.4 Å². The minimum Gasteiger partial charge on any atom is -0.356 e. The molecule has 2 N–H and O–H groups in total. The highest BCUT2D eigenvalue weighted by Crippen LogP contribution is 1.99. The summed E-state index contributed by atoms with van der Waals surface area (Å²) in [5, 5.41) is 5.98. The molecule has 0 aliphatic rings. The van der Waals surface area contributed by atoms with Crippen LogP contribution in [-0.2, 0) is 9.59 Å². The van der Waals surface area contributed by atoms with Crippen LogP contribution >= 0.6 is 0 Å². The quantitative estimate of drug-likeness (QED) is 0.271. The maximum absolute atomic E-state index is 11.7. The van der Waals surface area contributed by atoms with E-state index in [9.17, 15) is 9.59 Å². The van der Waals surface area contributed by atoms with Crippen LogP contribution in [0.15, 0.2) is 24.3 Å². The lowest BCUT2D eigenvalue weighted by atomic mass is 10.2.